The number of hydrogen-bond acceptors (Lipinski definition) is 5. The molecule has 11 heavy (non-hydrogen) atoms. The maximum absolute atomic E-state index is 10.8. The van der Waals surface area contributed by atoms with Gasteiger partial charge in [-0.3, -0.25) is 0 Å². The van der Waals surface area contributed by atoms with Crippen molar-refractivity contribution in [2.75, 3.05) is 6.61 Å². The topological polar surface area (TPSA) is 86.8 Å². The molecule has 1 atom stereocenters. The van der Waals surface area contributed by atoms with Gasteiger partial charge in [-0.05, 0) is 6.92 Å². The summed E-state index contributed by atoms with van der Waals surface area (Å²) < 4.78 is 4.65. The first-order valence-corrected chi connectivity index (χ1v) is 2.85. The molecule has 0 fully saturated rings. The Bertz CT molecular complexity index is 180. The molecule has 0 aliphatic carbocycles. The van der Waals surface area contributed by atoms with E-state index in [0.717, 1.165) is 0 Å². The summed E-state index contributed by atoms with van der Waals surface area (Å²) in [7, 11) is 0. The third-order valence-corrected chi connectivity index (χ3v) is 0.891. The van der Waals surface area contributed by atoms with Crippen LogP contribution in [0.1, 0.15) is 19.0 Å². The van der Waals surface area contributed by atoms with Crippen LogP contribution in [0.15, 0.2) is 0 Å². The minimum absolute atomic E-state index is 0. The van der Waals surface area contributed by atoms with Crippen LogP contribution in [0.2, 0.25) is 0 Å². The Morgan fingerprint density at radius 1 is 1.73 bits per heavy atom. The molecule has 1 rings (SSSR count). The van der Waals surface area contributed by atoms with Gasteiger partial charge in [-0.25, -0.2) is 0 Å². The van der Waals surface area contributed by atoms with E-state index >= 15 is 0 Å². The summed E-state index contributed by atoms with van der Waals surface area (Å²) in [6, 6.07) is 0. The van der Waals surface area contributed by atoms with Crippen LogP contribution in [0.3, 0.4) is 0 Å². The van der Waals surface area contributed by atoms with E-state index in [2.05, 4.69) is 25.4 Å². The maximum atomic E-state index is 10.8. The van der Waals surface area contributed by atoms with Crippen molar-refractivity contribution in [3.05, 3.63) is 5.82 Å². The van der Waals surface area contributed by atoms with Gasteiger partial charge >= 0.3 is 29.6 Å². The van der Waals surface area contributed by atoms with Crippen LogP contribution in [-0.2, 0) is 4.74 Å². The van der Waals surface area contributed by atoms with E-state index < -0.39 is 6.29 Å². The molecule has 1 aromatic rings. The first kappa shape index (κ1) is 11.0. The van der Waals surface area contributed by atoms with Crippen LogP contribution in [0.4, 0.5) is 0 Å². The van der Waals surface area contributed by atoms with Crippen LogP contribution in [0.25, 0.3) is 0 Å². The molecule has 0 saturated carbocycles. The molecule has 0 radical (unpaired) electrons. The van der Waals surface area contributed by atoms with Gasteiger partial charge in [0.05, 0.1) is 0 Å². The number of nitrogens with one attached hydrogen (secondary N) is 1. The van der Waals surface area contributed by atoms with Crippen molar-refractivity contribution in [2.24, 2.45) is 0 Å². The number of rotatable bonds is 3. The van der Waals surface area contributed by atoms with E-state index in [1.54, 1.807) is 6.92 Å². The molecule has 56 valence electrons. The fourth-order valence-corrected chi connectivity index (χ4v) is 0.495. The number of H-pyrrole nitrogens is 1. The largest absolute Gasteiger partial charge is 1.00 e. The van der Waals surface area contributed by atoms with Crippen molar-refractivity contribution in [3.8, 4) is 0 Å². The zero-order valence-electron chi connectivity index (χ0n) is 6.44. The van der Waals surface area contributed by atoms with Gasteiger partial charge in [0.1, 0.15) is 0 Å². The number of nitrogens with zero attached hydrogens (tertiary/aromatic N) is 3. The van der Waals surface area contributed by atoms with Crippen molar-refractivity contribution in [1.82, 2.24) is 20.6 Å². The summed E-state index contributed by atoms with van der Waals surface area (Å²) in [6.45, 7) is 2.08. The van der Waals surface area contributed by atoms with E-state index in [9.17, 15) is 5.11 Å². The monoisotopic (exact) mass is 166 g/mol. The first-order valence-electron chi connectivity index (χ1n) is 2.85. The Labute approximate surface area is 85.6 Å². The summed E-state index contributed by atoms with van der Waals surface area (Å²) in [5.41, 5.74) is 0. The van der Waals surface area contributed by atoms with Crippen molar-refractivity contribution < 1.29 is 39.4 Å². The van der Waals surface area contributed by atoms with Crippen LogP contribution >= 0.6 is 0 Å². The summed E-state index contributed by atoms with van der Waals surface area (Å²) in [6.07, 6.45) is -1.32. The summed E-state index contributed by atoms with van der Waals surface area (Å²) in [4.78, 5) is 0. The number of hydrogen-bond donors (Lipinski definition) is 1. The quantitative estimate of drug-likeness (QED) is 0.362. The molecule has 0 spiro atoms. The molecular formula is C4H7N4NaO2. The van der Waals surface area contributed by atoms with Gasteiger partial charge < -0.3 is 9.84 Å². The zero-order valence-corrected chi connectivity index (χ0v) is 8.44. The summed E-state index contributed by atoms with van der Waals surface area (Å²) in [5, 5.41) is 23.0. The molecular weight excluding hydrogens is 159 g/mol. The normalized spacial score (nSPS) is 12.2. The van der Waals surface area contributed by atoms with Gasteiger partial charge in [0.15, 0.2) is 5.82 Å². The average molecular weight is 166 g/mol. The maximum Gasteiger partial charge on any atom is 1.00 e. The average Bonchev–Trinajstić information content (AvgIpc) is 2.38. The molecule has 0 aliphatic heterocycles. The van der Waals surface area contributed by atoms with Crippen LogP contribution in [0, 0.1) is 0 Å². The Hall–Kier alpha value is -0.0100. The van der Waals surface area contributed by atoms with Gasteiger partial charge in [0.25, 0.3) is 0 Å². The predicted molar refractivity (Wildman–Crippen MR) is 28.5 cm³/mol. The third kappa shape index (κ3) is 3.26. The molecule has 0 amide bonds. The molecule has 1 aromatic heterocycles. The van der Waals surface area contributed by atoms with Crippen molar-refractivity contribution in [2.45, 2.75) is 13.2 Å². The number of ether oxygens (including phenoxy) is 1. The minimum atomic E-state index is -1.32. The molecule has 0 aromatic carbocycles. The zero-order chi connectivity index (χ0) is 7.40. The van der Waals surface area contributed by atoms with Crippen molar-refractivity contribution in [1.29, 1.82) is 0 Å². The van der Waals surface area contributed by atoms with E-state index in [1.165, 1.54) is 0 Å². The second-order valence-electron chi connectivity index (χ2n) is 1.56. The molecule has 0 saturated heterocycles. The number of tetrazole rings is 1. The van der Waals surface area contributed by atoms with Crippen molar-refractivity contribution in [3.63, 3.8) is 0 Å². The molecule has 1 unspecified atom stereocenters. The van der Waals surface area contributed by atoms with Gasteiger partial charge in [-0.2, -0.15) is 5.21 Å². The Balaban J connectivity index is 0.000001000. The third-order valence-electron chi connectivity index (χ3n) is 0.891. The van der Waals surface area contributed by atoms with Crippen LogP contribution in [-0.4, -0.2) is 27.2 Å². The second kappa shape index (κ2) is 5.62. The predicted octanol–water partition coefficient (Wildman–Crippen LogP) is -4.40. The van der Waals surface area contributed by atoms with Gasteiger partial charge in [0, 0.05) is 12.9 Å². The van der Waals surface area contributed by atoms with E-state index in [4.69, 9.17) is 0 Å². The molecule has 6 nitrogen and oxygen atoms in total. The van der Waals surface area contributed by atoms with Gasteiger partial charge in [-0.15, -0.1) is 10.2 Å². The smallest absolute Gasteiger partial charge is 0.825 e. The molecule has 1 heterocycles. The first-order chi connectivity index (χ1) is 4.84. The number of aromatic nitrogens is 4. The second-order valence-corrected chi connectivity index (χ2v) is 1.56. The van der Waals surface area contributed by atoms with Gasteiger partial charge in [-0.1, -0.05) is 5.21 Å². The number of aromatic amines is 1. The molecule has 0 aliphatic rings. The Morgan fingerprint density at radius 2 is 2.45 bits per heavy atom. The molecule has 1 N–H and O–H groups in total. The minimum Gasteiger partial charge on any atom is -0.825 e. The van der Waals surface area contributed by atoms with E-state index in [0.29, 0.717) is 6.61 Å². The molecule has 7 heteroatoms. The van der Waals surface area contributed by atoms with E-state index in [-0.39, 0.29) is 35.4 Å². The summed E-state index contributed by atoms with van der Waals surface area (Å²) in [5.74, 6) is 0.0434. The summed E-state index contributed by atoms with van der Waals surface area (Å²) >= 11 is 0. The van der Waals surface area contributed by atoms with Gasteiger partial charge in [0.2, 0.25) is 0 Å². The van der Waals surface area contributed by atoms with E-state index in [1.807, 2.05) is 0 Å². The van der Waals surface area contributed by atoms with Crippen molar-refractivity contribution >= 4 is 0 Å². The Kier molecular flexibility index (Phi) is 5.61. The fraction of sp³-hybridized carbons (Fsp3) is 0.750. The van der Waals surface area contributed by atoms with Crippen LogP contribution in [0.5, 0.6) is 0 Å². The Morgan fingerprint density at radius 3 is 2.91 bits per heavy atom. The molecule has 0 bridgehead atoms. The fourth-order valence-electron chi connectivity index (χ4n) is 0.495. The standard InChI is InChI=1S/C4H7N4O2.Na/c1-2-10-4(9)3-5-7-8-6-3;/h4H,2H2,1H3,(H,5,6,7,8);/q-1;+1. The SMILES string of the molecule is CCOC([O-])c1nn[nH]n1.[Na+]. The van der Waals surface area contributed by atoms with Crippen LogP contribution < -0.4 is 34.7 Å².